The third-order valence-corrected chi connectivity index (χ3v) is 2.76. The number of nitrogens with zero attached hydrogens (tertiary/aromatic N) is 3. The van der Waals surface area contributed by atoms with Gasteiger partial charge in [0.2, 0.25) is 5.91 Å². The van der Waals surface area contributed by atoms with E-state index in [0.717, 1.165) is 0 Å². The maximum atomic E-state index is 12.1. The molecule has 0 aliphatic heterocycles. The van der Waals surface area contributed by atoms with Crippen molar-refractivity contribution >= 4 is 11.9 Å². The Morgan fingerprint density at radius 3 is 2.74 bits per heavy atom. The van der Waals surface area contributed by atoms with E-state index >= 15 is 0 Å². The van der Waals surface area contributed by atoms with Crippen molar-refractivity contribution in [2.75, 3.05) is 6.54 Å². The van der Waals surface area contributed by atoms with Crippen molar-refractivity contribution < 1.29 is 14.7 Å². The first-order chi connectivity index (χ1) is 8.97. The highest BCUT2D eigenvalue weighted by atomic mass is 16.4. The fraction of sp³-hybridized carbons (Fsp3) is 0.462. The van der Waals surface area contributed by atoms with Crippen LogP contribution in [0.1, 0.15) is 30.8 Å². The Morgan fingerprint density at radius 1 is 1.53 bits per heavy atom. The molecular weight excluding hydrogens is 246 g/mol. The summed E-state index contributed by atoms with van der Waals surface area (Å²) < 4.78 is 1.40. The van der Waals surface area contributed by atoms with Gasteiger partial charge in [-0.05, 0) is 26.0 Å². The van der Waals surface area contributed by atoms with Crippen LogP contribution in [0.3, 0.4) is 0 Å². The van der Waals surface area contributed by atoms with Crippen LogP contribution in [0.5, 0.6) is 0 Å². The number of carboxylic acids is 1. The first-order valence-corrected chi connectivity index (χ1v) is 6.02. The molecule has 0 aliphatic rings. The third-order valence-electron chi connectivity index (χ3n) is 2.76. The van der Waals surface area contributed by atoms with Crippen LogP contribution < -0.4 is 0 Å². The average Bonchev–Trinajstić information content (AvgIpc) is 2.77. The molecular formula is C13H17N3O3. The minimum absolute atomic E-state index is 0.0234. The molecule has 102 valence electrons. The molecule has 0 saturated heterocycles. The molecule has 6 nitrogen and oxygen atoms in total. The van der Waals surface area contributed by atoms with E-state index < -0.39 is 5.97 Å². The molecule has 1 heterocycles. The molecule has 0 spiro atoms. The standard InChI is InChI=1S/C13H17N3O3/c1-10(2)16(8-4-6-14)12(17)9-15-7-3-5-11(15)13(18)19/h3,5,7,10H,4,8-9H2,1-2H3,(H,18,19). The van der Waals surface area contributed by atoms with Gasteiger partial charge in [-0.15, -0.1) is 0 Å². The van der Waals surface area contributed by atoms with Gasteiger partial charge in [0.15, 0.2) is 0 Å². The van der Waals surface area contributed by atoms with Gasteiger partial charge in [-0.25, -0.2) is 4.79 Å². The highest BCUT2D eigenvalue weighted by Crippen LogP contribution is 2.06. The van der Waals surface area contributed by atoms with E-state index in [-0.39, 0.29) is 30.6 Å². The van der Waals surface area contributed by atoms with Gasteiger partial charge < -0.3 is 14.6 Å². The van der Waals surface area contributed by atoms with E-state index in [1.54, 1.807) is 17.2 Å². The molecule has 19 heavy (non-hydrogen) atoms. The number of amides is 1. The molecule has 6 heteroatoms. The highest BCUT2D eigenvalue weighted by Gasteiger charge is 2.19. The molecule has 0 atom stereocenters. The normalized spacial score (nSPS) is 10.2. The summed E-state index contributed by atoms with van der Waals surface area (Å²) in [6.07, 6.45) is 1.82. The fourth-order valence-electron chi connectivity index (χ4n) is 1.82. The maximum Gasteiger partial charge on any atom is 0.352 e. The molecule has 0 unspecified atom stereocenters. The largest absolute Gasteiger partial charge is 0.477 e. The Balaban J connectivity index is 2.79. The molecule has 0 saturated carbocycles. The van der Waals surface area contributed by atoms with Crippen molar-refractivity contribution in [1.29, 1.82) is 5.26 Å². The summed E-state index contributed by atoms with van der Waals surface area (Å²) in [7, 11) is 0. The summed E-state index contributed by atoms with van der Waals surface area (Å²) in [4.78, 5) is 24.7. The van der Waals surface area contributed by atoms with Crippen molar-refractivity contribution in [2.24, 2.45) is 0 Å². The summed E-state index contributed by atoms with van der Waals surface area (Å²) in [6, 6.07) is 5.02. The van der Waals surface area contributed by atoms with E-state index in [4.69, 9.17) is 10.4 Å². The number of rotatable bonds is 6. The Labute approximate surface area is 111 Å². The molecule has 1 aromatic rings. The molecule has 0 bridgehead atoms. The summed E-state index contributed by atoms with van der Waals surface area (Å²) in [5, 5.41) is 17.5. The number of hydrogen-bond acceptors (Lipinski definition) is 3. The van der Waals surface area contributed by atoms with Crippen LogP contribution in [0.15, 0.2) is 18.3 Å². The van der Waals surface area contributed by atoms with Crippen LogP contribution in [0.25, 0.3) is 0 Å². The van der Waals surface area contributed by atoms with Crippen LogP contribution in [-0.4, -0.2) is 39.0 Å². The van der Waals surface area contributed by atoms with Crippen molar-refractivity contribution in [2.45, 2.75) is 32.9 Å². The van der Waals surface area contributed by atoms with Crippen LogP contribution >= 0.6 is 0 Å². The number of aromatic nitrogens is 1. The van der Waals surface area contributed by atoms with Gasteiger partial charge in [0.05, 0.1) is 12.5 Å². The van der Waals surface area contributed by atoms with Crippen LogP contribution in [0, 0.1) is 11.3 Å². The van der Waals surface area contributed by atoms with Gasteiger partial charge in [-0.1, -0.05) is 0 Å². The van der Waals surface area contributed by atoms with Gasteiger partial charge in [-0.2, -0.15) is 5.26 Å². The fourth-order valence-corrected chi connectivity index (χ4v) is 1.82. The second-order valence-corrected chi connectivity index (χ2v) is 4.42. The SMILES string of the molecule is CC(C)N(CCC#N)C(=O)Cn1cccc1C(=O)O. The average molecular weight is 263 g/mol. The van der Waals surface area contributed by atoms with E-state index in [0.29, 0.717) is 6.54 Å². The number of hydrogen-bond donors (Lipinski definition) is 1. The summed E-state index contributed by atoms with van der Waals surface area (Å²) in [5.74, 6) is -1.25. The lowest BCUT2D eigenvalue weighted by Gasteiger charge is -2.26. The van der Waals surface area contributed by atoms with Crippen molar-refractivity contribution in [3.8, 4) is 6.07 Å². The molecule has 0 aromatic carbocycles. The van der Waals surface area contributed by atoms with E-state index in [2.05, 4.69) is 0 Å². The smallest absolute Gasteiger partial charge is 0.352 e. The van der Waals surface area contributed by atoms with Gasteiger partial charge in [0.1, 0.15) is 12.2 Å². The van der Waals surface area contributed by atoms with Crippen LogP contribution in [0.4, 0.5) is 0 Å². The number of carbonyl (C=O) groups excluding carboxylic acids is 1. The first kappa shape index (κ1) is 14.8. The molecule has 1 aromatic heterocycles. The zero-order chi connectivity index (χ0) is 14.4. The lowest BCUT2D eigenvalue weighted by molar-refractivity contribution is -0.133. The van der Waals surface area contributed by atoms with E-state index in [9.17, 15) is 9.59 Å². The van der Waals surface area contributed by atoms with Gasteiger partial charge in [0.25, 0.3) is 0 Å². The third kappa shape index (κ3) is 3.85. The van der Waals surface area contributed by atoms with Crippen molar-refractivity contribution in [3.05, 3.63) is 24.0 Å². The summed E-state index contributed by atoms with van der Waals surface area (Å²) >= 11 is 0. The lowest BCUT2D eigenvalue weighted by Crippen LogP contribution is -2.39. The quantitative estimate of drug-likeness (QED) is 0.839. The highest BCUT2D eigenvalue weighted by molar-refractivity contribution is 5.87. The summed E-state index contributed by atoms with van der Waals surface area (Å²) in [5.41, 5.74) is 0.0809. The minimum Gasteiger partial charge on any atom is -0.477 e. The predicted molar refractivity (Wildman–Crippen MR) is 68.5 cm³/mol. The summed E-state index contributed by atoms with van der Waals surface area (Å²) in [6.45, 7) is 4.06. The number of nitriles is 1. The Bertz CT molecular complexity index is 499. The molecule has 1 N–H and O–H groups in total. The van der Waals surface area contributed by atoms with Gasteiger partial charge >= 0.3 is 5.97 Å². The minimum atomic E-state index is -1.06. The van der Waals surface area contributed by atoms with Crippen LogP contribution in [-0.2, 0) is 11.3 Å². The lowest BCUT2D eigenvalue weighted by atomic mass is 10.2. The maximum absolute atomic E-state index is 12.1. The molecule has 1 rings (SSSR count). The Morgan fingerprint density at radius 2 is 2.21 bits per heavy atom. The van der Waals surface area contributed by atoms with Gasteiger partial charge in [0, 0.05) is 18.8 Å². The first-order valence-electron chi connectivity index (χ1n) is 6.02. The van der Waals surface area contributed by atoms with E-state index in [1.165, 1.54) is 10.6 Å². The molecule has 0 fully saturated rings. The second-order valence-electron chi connectivity index (χ2n) is 4.42. The number of aromatic carboxylic acids is 1. The van der Waals surface area contributed by atoms with Gasteiger partial charge in [-0.3, -0.25) is 4.79 Å². The predicted octanol–water partition coefficient (Wildman–Crippen LogP) is 1.34. The topological polar surface area (TPSA) is 86.3 Å². The van der Waals surface area contributed by atoms with Crippen molar-refractivity contribution in [1.82, 2.24) is 9.47 Å². The molecule has 0 aliphatic carbocycles. The van der Waals surface area contributed by atoms with E-state index in [1.807, 2.05) is 19.9 Å². The number of carbonyl (C=O) groups is 2. The Kier molecular flexibility index (Phi) is 5.12. The monoisotopic (exact) mass is 263 g/mol. The zero-order valence-electron chi connectivity index (χ0n) is 11.0. The number of carboxylic acid groups (broad SMARTS) is 1. The van der Waals surface area contributed by atoms with Crippen LogP contribution in [0.2, 0.25) is 0 Å². The second kappa shape index (κ2) is 6.59. The zero-order valence-corrected chi connectivity index (χ0v) is 11.0. The Hall–Kier alpha value is -2.29. The van der Waals surface area contributed by atoms with Crippen molar-refractivity contribution in [3.63, 3.8) is 0 Å². The molecule has 1 amide bonds. The molecule has 0 radical (unpaired) electrons.